The summed E-state index contributed by atoms with van der Waals surface area (Å²) in [5.41, 5.74) is 2.08. The number of carbonyl (C=O) groups is 2. The minimum Gasteiger partial charge on any atom is -0.459 e. The maximum atomic E-state index is 12.9. The molecule has 0 saturated carbocycles. The number of aryl methyl sites for hydroxylation is 2. The molecule has 0 aliphatic heterocycles. The van der Waals surface area contributed by atoms with Gasteiger partial charge in [-0.1, -0.05) is 23.4 Å². The van der Waals surface area contributed by atoms with Crippen molar-refractivity contribution < 1.29 is 14.3 Å². The Bertz CT molecular complexity index is 1220. The highest BCUT2D eigenvalue weighted by atomic mass is 35.5. The minimum atomic E-state index is -0.375. The second-order valence-corrected chi connectivity index (χ2v) is 10.7. The van der Waals surface area contributed by atoms with E-state index in [-0.39, 0.29) is 23.7 Å². The number of ether oxygens (including phenoxy) is 1. The Balaban J connectivity index is 1.49. The van der Waals surface area contributed by atoms with Gasteiger partial charge in [-0.3, -0.25) is 9.48 Å². The number of hydrogen-bond donors (Lipinski definition) is 1. The molecule has 0 bridgehead atoms. The molecule has 3 aromatic rings. The lowest BCUT2D eigenvalue weighted by Crippen LogP contribution is -2.19. The molecule has 0 unspecified atom stereocenters. The molecule has 182 valence electrons. The largest absolute Gasteiger partial charge is 0.459 e. The molecule has 3 heterocycles. The summed E-state index contributed by atoms with van der Waals surface area (Å²) in [4.78, 5) is 26.8. The van der Waals surface area contributed by atoms with Crippen LogP contribution >= 0.6 is 34.7 Å². The van der Waals surface area contributed by atoms with E-state index in [1.165, 1.54) is 23.1 Å². The Morgan fingerprint density at radius 1 is 1.29 bits per heavy atom. The molecule has 0 fully saturated rings. The van der Waals surface area contributed by atoms with Gasteiger partial charge in [0.25, 0.3) is 0 Å². The number of rotatable bonds is 8. The quantitative estimate of drug-likeness (QED) is 0.341. The number of amides is 1. The first-order valence-corrected chi connectivity index (χ1v) is 13.4. The van der Waals surface area contributed by atoms with E-state index in [0.717, 1.165) is 36.1 Å². The molecule has 0 spiro atoms. The number of anilines is 1. The minimum absolute atomic E-state index is 0.120. The predicted octanol–water partition coefficient (Wildman–Crippen LogP) is 4.59. The monoisotopic (exact) mass is 522 g/mol. The van der Waals surface area contributed by atoms with Gasteiger partial charge in [0.15, 0.2) is 11.0 Å². The zero-order chi connectivity index (χ0) is 24.4. The number of hydrogen-bond acceptors (Lipinski definition) is 8. The van der Waals surface area contributed by atoms with Crippen LogP contribution in [0.2, 0.25) is 5.02 Å². The number of esters is 1. The van der Waals surface area contributed by atoms with Crippen molar-refractivity contribution in [2.75, 3.05) is 11.1 Å². The summed E-state index contributed by atoms with van der Waals surface area (Å²) in [5.74, 6) is 0.0841. The first kappa shape index (κ1) is 24.7. The number of nitrogens with zero attached hydrogens (tertiary/aromatic N) is 5. The molecular weight excluding hydrogens is 496 g/mol. The van der Waals surface area contributed by atoms with Gasteiger partial charge in [0.2, 0.25) is 5.91 Å². The molecule has 9 nitrogen and oxygen atoms in total. The van der Waals surface area contributed by atoms with Gasteiger partial charge in [-0.15, -0.1) is 21.5 Å². The van der Waals surface area contributed by atoms with Crippen LogP contribution in [0, 0.1) is 0 Å². The maximum Gasteiger partial charge on any atom is 0.341 e. The van der Waals surface area contributed by atoms with Crippen molar-refractivity contribution in [3.63, 3.8) is 0 Å². The van der Waals surface area contributed by atoms with Crippen LogP contribution in [0.4, 0.5) is 5.00 Å². The van der Waals surface area contributed by atoms with Gasteiger partial charge in [0.1, 0.15) is 10.7 Å². The molecule has 1 aliphatic carbocycles. The molecule has 1 N–H and O–H groups in total. The number of fused-ring (bicyclic) bond motifs is 1. The van der Waals surface area contributed by atoms with Crippen molar-refractivity contribution >= 4 is 51.6 Å². The highest BCUT2D eigenvalue weighted by Crippen LogP contribution is 2.39. The summed E-state index contributed by atoms with van der Waals surface area (Å²) < 4.78 is 8.97. The average molecular weight is 523 g/mol. The van der Waals surface area contributed by atoms with E-state index >= 15 is 0 Å². The van der Waals surface area contributed by atoms with Crippen molar-refractivity contribution in [3.8, 4) is 11.5 Å². The van der Waals surface area contributed by atoms with E-state index in [0.29, 0.717) is 38.8 Å². The predicted molar refractivity (Wildman–Crippen MR) is 134 cm³/mol. The summed E-state index contributed by atoms with van der Waals surface area (Å²) in [6.45, 7) is 6.21. The molecule has 0 aromatic carbocycles. The van der Waals surface area contributed by atoms with Gasteiger partial charge in [-0.2, -0.15) is 5.10 Å². The number of halogens is 1. The van der Waals surface area contributed by atoms with Crippen LogP contribution in [0.15, 0.2) is 11.4 Å². The van der Waals surface area contributed by atoms with Crippen molar-refractivity contribution in [3.05, 3.63) is 27.2 Å². The van der Waals surface area contributed by atoms with Gasteiger partial charge < -0.3 is 14.6 Å². The molecule has 1 aliphatic rings. The summed E-state index contributed by atoms with van der Waals surface area (Å²) >= 11 is 9.03. The van der Waals surface area contributed by atoms with E-state index in [1.807, 2.05) is 25.3 Å². The van der Waals surface area contributed by atoms with Gasteiger partial charge in [-0.25, -0.2) is 4.79 Å². The summed E-state index contributed by atoms with van der Waals surface area (Å²) in [5, 5.41) is 17.4. The van der Waals surface area contributed by atoms with E-state index in [2.05, 4.69) is 20.6 Å². The number of thioether (sulfide) groups is 1. The normalized spacial score (nSPS) is 13.2. The third-order valence-electron chi connectivity index (χ3n) is 5.33. The van der Waals surface area contributed by atoms with Crippen LogP contribution in [-0.2, 0) is 36.0 Å². The number of thiophene rings is 1. The van der Waals surface area contributed by atoms with E-state index in [9.17, 15) is 9.59 Å². The molecule has 3 aromatic heterocycles. The summed E-state index contributed by atoms with van der Waals surface area (Å²) in [7, 11) is 1.79. The maximum absolute atomic E-state index is 12.9. The molecule has 1 amide bonds. The SMILES string of the molecule is CCn1c(SCC(=O)Nc2sc3c(c2C(=O)OC(C)C)CCCC3)nnc1-c1nn(C)cc1Cl. The zero-order valence-electron chi connectivity index (χ0n) is 19.6. The molecule has 0 radical (unpaired) electrons. The lowest BCUT2D eigenvalue weighted by atomic mass is 9.95. The van der Waals surface area contributed by atoms with E-state index in [1.54, 1.807) is 17.9 Å². The second kappa shape index (κ2) is 10.5. The average Bonchev–Trinajstić information content (AvgIpc) is 3.45. The standard InChI is InChI=1S/C22H27ClN6O3S2/c1-5-29-19(18-14(23)10-28(4)27-18)25-26-22(29)33-11-16(30)24-20-17(21(31)32-12(2)3)13-8-6-7-9-15(13)34-20/h10,12H,5-9,11H2,1-4H3,(H,24,30). The Morgan fingerprint density at radius 3 is 2.74 bits per heavy atom. The highest BCUT2D eigenvalue weighted by Gasteiger charge is 2.28. The molecular formula is C22H27ClN6O3S2. The Labute approximate surface area is 211 Å². The van der Waals surface area contributed by atoms with Crippen LogP contribution in [0.3, 0.4) is 0 Å². The first-order chi connectivity index (χ1) is 16.3. The molecule has 34 heavy (non-hydrogen) atoms. The van der Waals surface area contributed by atoms with Crippen LogP contribution in [0.25, 0.3) is 11.5 Å². The van der Waals surface area contributed by atoms with Crippen molar-refractivity contribution in [1.82, 2.24) is 24.5 Å². The van der Waals surface area contributed by atoms with Gasteiger partial charge in [0.05, 0.1) is 22.4 Å². The number of aromatic nitrogens is 5. The Hall–Kier alpha value is -2.37. The summed E-state index contributed by atoms with van der Waals surface area (Å²) in [6.07, 6.45) is 5.35. The lowest BCUT2D eigenvalue weighted by molar-refractivity contribution is -0.113. The molecule has 0 saturated heterocycles. The van der Waals surface area contributed by atoms with Crippen LogP contribution < -0.4 is 5.32 Å². The van der Waals surface area contributed by atoms with E-state index in [4.69, 9.17) is 16.3 Å². The second-order valence-electron chi connectivity index (χ2n) is 8.26. The fourth-order valence-corrected chi connectivity index (χ4v) is 6.26. The molecule has 4 rings (SSSR count). The van der Waals surface area contributed by atoms with Crippen LogP contribution in [0.1, 0.15) is 54.4 Å². The zero-order valence-corrected chi connectivity index (χ0v) is 21.9. The van der Waals surface area contributed by atoms with Crippen molar-refractivity contribution in [2.24, 2.45) is 7.05 Å². The third kappa shape index (κ3) is 5.16. The topological polar surface area (TPSA) is 104 Å². The highest BCUT2D eigenvalue weighted by molar-refractivity contribution is 7.99. The van der Waals surface area contributed by atoms with Crippen LogP contribution in [-0.4, -0.2) is 48.3 Å². The smallest absolute Gasteiger partial charge is 0.341 e. The fourth-order valence-electron chi connectivity index (χ4n) is 3.90. The van der Waals surface area contributed by atoms with E-state index < -0.39 is 0 Å². The van der Waals surface area contributed by atoms with Crippen molar-refractivity contribution in [2.45, 2.75) is 64.3 Å². The van der Waals surface area contributed by atoms with Gasteiger partial charge in [0, 0.05) is 24.7 Å². The Morgan fingerprint density at radius 2 is 2.06 bits per heavy atom. The van der Waals surface area contributed by atoms with Crippen LogP contribution in [0.5, 0.6) is 0 Å². The first-order valence-electron chi connectivity index (χ1n) is 11.2. The lowest BCUT2D eigenvalue weighted by Gasteiger charge is -2.14. The van der Waals surface area contributed by atoms with Gasteiger partial charge >= 0.3 is 5.97 Å². The Kier molecular flexibility index (Phi) is 7.63. The third-order valence-corrected chi connectivity index (χ3v) is 7.78. The summed E-state index contributed by atoms with van der Waals surface area (Å²) in [6, 6.07) is 0. The number of carbonyl (C=O) groups excluding carboxylic acids is 2. The molecule has 0 atom stereocenters. The number of nitrogens with one attached hydrogen (secondary N) is 1. The fraction of sp³-hybridized carbons (Fsp3) is 0.500. The van der Waals surface area contributed by atoms with Crippen molar-refractivity contribution in [1.29, 1.82) is 0 Å². The van der Waals surface area contributed by atoms with Gasteiger partial charge in [-0.05, 0) is 52.0 Å². The molecule has 12 heteroatoms.